The van der Waals surface area contributed by atoms with E-state index in [4.69, 9.17) is 28.2 Å². The van der Waals surface area contributed by atoms with Crippen LogP contribution in [0.1, 0.15) is 33.6 Å². The molecular formula is C24H18Cl2N2O2S2. The van der Waals surface area contributed by atoms with Crippen LogP contribution in [-0.4, -0.2) is 21.1 Å². The highest BCUT2D eigenvalue weighted by Gasteiger charge is 2.23. The zero-order valence-electron chi connectivity index (χ0n) is 16.9. The van der Waals surface area contributed by atoms with Crippen LogP contribution in [0.2, 0.25) is 10.0 Å². The molecule has 0 bridgehead atoms. The van der Waals surface area contributed by atoms with E-state index in [9.17, 15) is 9.59 Å². The van der Waals surface area contributed by atoms with Crippen molar-refractivity contribution in [3.05, 3.63) is 84.9 Å². The van der Waals surface area contributed by atoms with Crippen molar-refractivity contribution in [1.82, 2.24) is 9.55 Å². The van der Waals surface area contributed by atoms with Crippen molar-refractivity contribution >= 4 is 62.3 Å². The van der Waals surface area contributed by atoms with E-state index < -0.39 is 0 Å². The predicted molar refractivity (Wildman–Crippen MR) is 133 cm³/mol. The fourth-order valence-electron chi connectivity index (χ4n) is 3.95. The molecule has 32 heavy (non-hydrogen) atoms. The Morgan fingerprint density at radius 3 is 2.38 bits per heavy atom. The molecule has 0 fully saturated rings. The summed E-state index contributed by atoms with van der Waals surface area (Å²) in [5.74, 6) is 0.118. The normalized spacial score (nSPS) is 13.3. The van der Waals surface area contributed by atoms with Crippen molar-refractivity contribution in [3.63, 3.8) is 0 Å². The van der Waals surface area contributed by atoms with Crippen LogP contribution in [0.15, 0.2) is 58.5 Å². The summed E-state index contributed by atoms with van der Waals surface area (Å²) in [6.45, 7) is 0. The summed E-state index contributed by atoms with van der Waals surface area (Å²) in [4.78, 5) is 33.3. The molecule has 5 rings (SSSR count). The van der Waals surface area contributed by atoms with E-state index in [-0.39, 0.29) is 17.1 Å². The van der Waals surface area contributed by atoms with Gasteiger partial charge in [0.05, 0.1) is 16.8 Å². The van der Waals surface area contributed by atoms with E-state index in [0.29, 0.717) is 31.8 Å². The van der Waals surface area contributed by atoms with Gasteiger partial charge in [-0.2, -0.15) is 0 Å². The first-order chi connectivity index (χ1) is 15.5. The van der Waals surface area contributed by atoms with Crippen molar-refractivity contribution in [2.24, 2.45) is 0 Å². The Morgan fingerprint density at radius 1 is 1.00 bits per heavy atom. The standard InChI is InChI=1S/C24H18Cl2N2O2S2/c25-15-7-5-14(6-8-15)19(29)13-31-24-27-22-21(18-3-1-2-4-20(18)32-22)23(30)28(24)17-11-9-16(26)10-12-17/h5-12H,1-4,13H2. The first-order valence-corrected chi connectivity index (χ1v) is 12.8. The molecule has 0 atom stereocenters. The van der Waals surface area contributed by atoms with Gasteiger partial charge >= 0.3 is 0 Å². The Balaban J connectivity index is 1.59. The van der Waals surface area contributed by atoms with Gasteiger partial charge in [0, 0.05) is 20.5 Å². The van der Waals surface area contributed by atoms with E-state index in [1.54, 1.807) is 64.4 Å². The number of nitrogens with zero attached hydrogens (tertiary/aromatic N) is 2. The Morgan fingerprint density at radius 2 is 1.66 bits per heavy atom. The molecule has 2 aromatic carbocycles. The van der Waals surface area contributed by atoms with Gasteiger partial charge in [-0.05, 0) is 79.8 Å². The fraction of sp³-hybridized carbons (Fsp3) is 0.208. The summed E-state index contributed by atoms with van der Waals surface area (Å²) in [6.07, 6.45) is 4.14. The lowest BCUT2D eigenvalue weighted by atomic mass is 9.97. The number of fused-ring (bicyclic) bond motifs is 3. The first kappa shape index (κ1) is 21.7. The van der Waals surface area contributed by atoms with E-state index in [1.165, 1.54) is 16.6 Å². The minimum atomic E-state index is -0.0850. The molecule has 0 radical (unpaired) electrons. The molecular weight excluding hydrogens is 483 g/mol. The van der Waals surface area contributed by atoms with Gasteiger partial charge in [-0.1, -0.05) is 35.0 Å². The summed E-state index contributed by atoms with van der Waals surface area (Å²) < 4.78 is 1.61. The second-order valence-electron chi connectivity index (χ2n) is 7.62. The van der Waals surface area contributed by atoms with Crippen molar-refractivity contribution in [3.8, 4) is 5.69 Å². The molecule has 1 aliphatic carbocycles. The summed E-state index contributed by atoms with van der Waals surface area (Å²) in [6, 6.07) is 13.9. The number of ketones is 1. The zero-order valence-corrected chi connectivity index (χ0v) is 20.1. The lowest BCUT2D eigenvalue weighted by Crippen LogP contribution is -2.22. The van der Waals surface area contributed by atoms with Gasteiger partial charge in [-0.15, -0.1) is 11.3 Å². The smallest absolute Gasteiger partial charge is 0.267 e. The number of thioether (sulfide) groups is 1. The molecule has 0 aliphatic heterocycles. The van der Waals surface area contributed by atoms with Gasteiger partial charge in [0.25, 0.3) is 5.56 Å². The molecule has 162 valence electrons. The average Bonchev–Trinajstić information content (AvgIpc) is 3.17. The number of carbonyl (C=O) groups is 1. The monoisotopic (exact) mass is 500 g/mol. The highest BCUT2D eigenvalue weighted by molar-refractivity contribution is 7.99. The minimum absolute atomic E-state index is 0.0471. The third kappa shape index (κ3) is 4.13. The van der Waals surface area contributed by atoms with Gasteiger partial charge in [0.2, 0.25) is 0 Å². The van der Waals surface area contributed by atoms with Crippen LogP contribution in [-0.2, 0) is 12.8 Å². The van der Waals surface area contributed by atoms with Crippen molar-refractivity contribution < 1.29 is 4.79 Å². The highest BCUT2D eigenvalue weighted by Crippen LogP contribution is 2.35. The van der Waals surface area contributed by atoms with Crippen LogP contribution in [0.25, 0.3) is 15.9 Å². The van der Waals surface area contributed by atoms with Crippen molar-refractivity contribution in [1.29, 1.82) is 0 Å². The van der Waals surface area contributed by atoms with Crippen LogP contribution in [0, 0.1) is 0 Å². The van der Waals surface area contributed by atoms with E-state index in [1.807, 2.05) is 0 Å². The molecule has 0 spiro atoms. The zero-order chi connectivity index (χ0) is 22.2. The van der Waals surface area contributed by atoms with E-state index in [2.05, 4.69) is 0 Å². The number of carbonyl (C=O) groups excluding carboxylic acids is 1. The molecule has 0 saturated carbocycles. The molecule has 8 heteroatoms. The third-order valence-electron chi connectivity index (χ3n) is 5.54. The summed E-state index contributed by atoms with van der Waals surface area (Å²) in [7, 11) is 0. The summed E-state index contributed by atoms with van der Waals surface area (Å²) in [5.41, 5.74) is 2.32. The number of rotatable bonds is 5. The van der Waals surface area contributed by atoms with E-state index >= 15 is 0 Å². The number of hydrogen-bond donors (Lipinski definition) is 0. The molecule has 4 nitrogen and oxygen atoms in total. The molecule has 0 N–H and O–H groups in total. The van der Waals surface area contributed by atoms with Crippen LogP contribution in [0.5, 0.6) is 0 Å². The lowest BCUT2D eigenvalue weighted by molar-refractivity contribution is 0.102. The average molecular weight is 501 g/mol. The summed E-state index contributed by atoms with van der Waals surface area (Å²) in [5, 5.41) is 2.40. The quantitative estimate of drug-likeness (QED) is 0.176. The molecule has 0 unspecified atom stereocenters. The first-order valence-electron chi connectivity index (χ1n) is 10.3. The topological polar surface area (TPSA) is 52.0 Å². The third-order valence-corrected chi connectivity index (χ3v) is 8.17. The number of aromatic nitrogens is 2. The maximum atomic E-state index is 13.7. The Bertz CT molecular complexity index is 1380. The van der Waals surface area contributed by atoms with Crippen LogP contribution in [0.4, 0.5) is 0 Å². The molecule has 2 aromatic heterocycles. The van der Waals surface area contributed by atoms with Gasteiger partial charge in [-0.25, -0.2) is 4.98 Å². The van der Waals surface area contributed by atoms with Crippen molar-refractivity contribution in [2.75, 3.05) is 5.75 Å². The minimum Gasteiger partial charge on any atom is -0.293 e. The van der Waals surface area contributed by atoms with Crippen LogP contribution < -0.4 is 5.56 Å². The van der Waals surface area contributed by atoms with Gasteiger partial charge in [-0.3, -0.25) is 14.2 Å². The number of aryl methyl sites for hydroxylation is 2. The van der Waals surface area contributed by atoms with Crippen LogP contribution >= 0.6 is 46.3 Å². The number of thiophene rings is 1. The molecule has 1 aliphatic rings. The second-order valence-corrected chi connectivity index (χ2v) is 10.5. The predicted octanol–water partition coefficient (Wildman–Crippen LogP) is 6.61. The Kier molecular flexibility index (Phi) is 6.12. The second kappa shape index (κ2) is 9.02. The molecule has 0 saturated heterocycles. The maximum absolute atomic E-state index is 13.7. The maximum Gasteiger partial charge on any atom is 0.267 e. The fourth-order valence-corrected chi connectivity index (χ4v) is 6.41. The largest absolute Gasteiger partial charge is 0.293 e. The highest BCUT2D eigenvalue weighted by atomic mass is 35.5. The summed E-state index contributed by atoms with van der Waals surface area (Å²) >= 11 is 14.9. The van der Waals surface area contributed by atoms with Gasteiger partial charge < -0.3 is 0 Å². The molecule has 2 heterocycles. The van der Waals surface area contributed by atoms with Crippen molar-refractivity contribution in [2.45, 2.75) is 30.8 Å². The number of hydrogen-bond acceptors (Lipinski definition) is 5. The lowest BCUT2D eigenvalue weighted by Gasteiger charge is -2.13. The number of halogens is 2. The molecule has 4 aromatic rings. The van der Waals surface area contributed by atoms with Gasteiger partial charge in [0.15, 0.2) is 10.9 Å². The number of benzene rings is 2. The Labute approximate surface area is 203 Å². The van der Waals surface area contributed by atoms with Crippen LogP contribution in [0.3, 0.4) is 0 Å². The SMILES string of the molecule is O=C(CSc1nc2sc3c(c2c(=O)n1-c1ccc(Cl)cc1)CCCC3)c1ccc(Cl)cc1. The van der Waals surface area contributed by atoms with E-state index in [0.717, 1.165) is 36.1 Å². The van der Waals surface area contributed by atoms with Gasteiger partial charge in [0.1, 0.15) is 4.83 Å². The Hall–Kier alpha value is -2.12. The number of Topliss-reactive ketones (excluding diaryl/α,β-unsaturated/α-hetero) is 1. The molecule has 0 amide bonds.